The Bertz CT molecular complexity index is 415. The van der Waals surface area contributed by atoms with Gasteiger partial charge in [0.2, 0.25) is 0 Å². The van der Waals surface area contributed by atoms with Gasteiger partial charge in [-0.25, -0.2) is 4.79 Å². The molecule has 0 spiro atoms. The molecule has 1 aromatic carbocycles. The van der Waals surface area contributed by atoms with Crippen LogP contribution in [0, 0.1) is 0 Å². The lowest BCUT2D eigenvalue weighted by Gasteiger charge is -2.11. The van der Waals surface area contributed by atoms with Crippen LogP contribution in [0.15, 0.2) is 24.3 Å². The van der Waals surface area contributed by atoms with E-state index in [1.807, 2.05) is 12.1 Å². The van der Waals surface area contributed by atoms with Crippen LogP contribution in [0.1, 0.15) is 22.8 Å². The second kappa shape index (κ2) is 6.76. The van der Waals surface area contributed by atoms with Crippen LogP contribution < -0.4 is 11.1 Å². The van der Waals surface area contributed by atoms with Crippen molar-refractivity contribution in [3.05, 3.63) is 35.4 Å². The highest BCUT2D eigenvalue weighted by atomic mass is 16.5. The van der Waals surface area contributed by atoms with Gasteiger partial charge in [-0.3, -0.25) is 4.79 Å². The molecule has 18 heavy (non-hydrogen) atoms. The molecular weight excluding hydrogens is 232 g/mol. The standard InChI is InChI=1S/C13H18N2O3/c1-9(13(17)18-2)15-12(16)11-5-3-10(4-6-11)7-8-14/h3-6,9H,7-8,14H2,1-2H3,(H,15,16). The van der Waals surface area contributed by atoms with Crippen molar-refractivity contribution >= 4 is 11.9 Å². The minimum atomic E-state index is -0.661. The maximum Gasteiger partial charge on any atom is 0.328 e. The maximum atomic E-state index is 11.8. The third-order valence-corrected chi connectivity index (χ3v) is 2.55. The lowest BCUT2D eigenvalue weighted by molar-refractivity contribution is -0.142. The molecule has 0 fully saturated rings. The molecule has 1 aromatic rings. The molecule has 1 rings (SSSR count). The van der Waals surface area contributed by atoms with Crippen molar-refractivity contribution in [3.63, 3.8) is 0 Å². The minimum absolute atomic E-state index is 0.299. The Morgan fingerprint density at radius 3 is 2.44 bits per heavy atom. The first-order valence-corrected chi connectivity index (χ1v) is 5.76. The van der Waals surface area contributed by atoms with Crippen molar-refractivity contribution in [2.45, 2.75) is 19.4 Å². The Morgan fingerprint density at radius 2 is 1.94 bits per heavy atom. The summed E-state index contributed by atoms with van der Waals surface area (Å²) in [5.41, 5.74) is 7.03. The Hall–Kier alpha value is -1.88. The van der Waals surface area contributed by atoms with Crippen molar-refractivity contribution in [2.24, 2.45) is 5.73 Å². The summed E-state index contributed by atoms with van der Waals surface area (Å²) in [7, 11) is 1.28. The van der Waals surface area contributed by atoms with Gasteiger partial charge in [-0.1, -0.05) is 12.1 Å². The first kappa shape index (κ1) is 14.2. The van der Waals surface area contributed by atoms with Gasteiger partial charge in [0.15, 0.2) is 0 Å². The summed E-state index contributed by atoms with van der Waals surface area (Å²) in [4.78, 5) is 23.0. The number of methoxy groups -OCH3 is 1. The molecule has 1 unspecified atom stereocenters. The summed E-state index contributed by atoms with van der Waals surface area (Å²) in [5.74, 6) is -0.768. The highest BCUT2D eigenvalue weighted by molar-refractivity contribution is 5.96. The molecule has 3 N–H and O–H groups in total. The molecule has 98 valence electrons. The van der Waals surface area contributed by atoms with E-state index in [0.717, 1.165) is 12.0 Å². The largest absolute Gasteiger partial charge is 0.467 e. The average molecular weight is 250 g/mol. The van der Waals surface area contributed by atoms with E-state index >= 15 is 0 Å². The summed E-state index contributed by atoms with van der Waals surface area (Å²) in [6.45, 7) is 2.15. The first-order chi connectivity index (χ1) is 8.58. The highest BCUT2D eigenvalue weighted by Crippen LogP contribution is 2.05. The van der Waals surface area contributed by atoms with Gasteiger partial charge in [-0.15, -0.1) is 0 Å². The van der Waals surface area contributed by atoms with Crippen LogP contribution in [0.25, 0.3) is 0 Å². The zero-order valence-electron chi connectivity index (χ0n) is 10.6. The molecule has 0 heterocycles. The number of amides is 1. The van der Waals surface area contributed by atoms with E-state index in [4.69, 9.17) is 5.73 Å². The van der Waals surface area contributed by atoms with Crippen LogP contribution in [0.2, 0.25) is 0 Å². The molecule has 1 atom stereocenters. The lowest BCUT2D eigenvalue weighted by atomic mass is 10.1. The van der Waals surface area contributed by atoms with Crippen molar-refractivity contribution in [1.82, 2.24) is 5.32 Å². The molecule has 5 heteroatoms. The Labute approximate surface area is 106 Å². The second-order valence-corrected chi connectivity index (χ2v) is 3.95. The van der Waals surface area contributed by atoms with E-state index in [-0.39, 0.29) is 5.91 Å². The van der Waals surface area contributed by atoms with Gasteiger partial charge in [0.25, 0.3) is 5.91 Å². The molecule has 0 saturated heterocycles. The van der Waals surface area contributed by atoms with Crippen LogP contribution in [-0.2, 0) is 16.0 Å². The summed E-state index contributed by atoms with van der Waals surface area (Å²) in [6.07, 6.45) is 0.778. The third-order valence-electron chi connectivity index (χ3n) is 2.55. The number of carbonyl (C=O) groups excluding carboxylic acids is 2. The molecule has 1 amide bonds. The first-order valence-electron chi connectivity index (χ1n) is 5.76. The van der Waals surface area contributed by atoms with E-state index in [1.165, 1.54) is 7.11 Å². The maximum absolute atomic E-state index is 11.8. The van der Waals surface area contributed by atoms with E-state index in [1.54, 1.807) is 19.1 Å². The molecule has 5 nitrogen and oxygen atoms in total. The monoisotopic (exact) mass is 250 g/mol. The molecule has 0 aromatic heterocycles. The van der Waals surface area contributed by atoms with Crippen LogP contribution in [0.4, 0.5) is 0 Å². The molecule has 0 radical (unpaired) electrons. The molecule has 0 aliphatic heterocycles. The summed E-state index contributed by atoms with van der Waals surface area (Å²) in [6, 6.07) is 6.47. The van der Waals surface area contributed by atoms with Gasteiger partial charge in [-0.2, -0.15) is 0 Å². The number of esters is 1. The Morgan fingerprint density at radius 1 is 1.33 bits per heavy atom. The molecule has 0 bridgehead atoms. The minimum Gasteiger partial charge on any atom is -0.467 e. The van der Waals surface area contributed by atoms with Crippen molar-refractivity contribution in [3.8, 4) is 0 Å². The summed E-state index contributed by atoms with van der Waals surface area (Å²) in [5, 5.41) is 2.56. The number of ether oxygens (including phenoxy) is 1. The SMILES string of the molecule is COC(=O)C(C)NC(=O)c1ccc(CCN)cc1. The fourth-order valence-corrected chi connectivity index (χ4v) is 1.51. The molecule has 0 aliphatic rings. The van der Waals surface area contributed by atoms with Crippen LogP contribution >= 0.6 is 0 Å². The van der Waals surface area contributed by atoms with E-state index in [0.29, 0.717) is 12.1 Å². The van der Waals surface area contributed by atoms with E-state index in [9.17, 15) is 9.59 Å². The number of rotatable bonds is 5. The van der Waals surface area contributed by atoms with Gasteiger partial charge in [-0.05, 0) is 37.6 Å². The Balaban J connectivity index is 2.64. The number of nitrogens with two attached hydrogens (primary N) is 1. The second-order valence-electron chi connectivity index (χ2n) is 3.95. The van der Waals surface area contributed by atoms with Gasteiger partial charge < -0.3 is 15.8 Å². The van der Waals surface area contributed by atoms with E-state index < -0.39 is 12.0 Å². The van der Waals surface area contributed by atoms with Gasteiger partial charge in [0.05, 0.1) is 7.11 Å². The smallest absolute Gasteiger partial charge is 0.328 e. The molecule has 0 saturated carbocycles. The third kappa shape index (κ3) is 3.85. The van der Waals surface area contributed by atoms with Crippen molar-refractivity contribution in [1.29, 1.82) is 0 Å². The number of nitrogens with one attached hydrogen (secondary N) is 1. The fourth-order valence-electron chi connectivity index (χ4n) is 1.51. The fraction of sp³-hybridized carbons (Fsp3) is 0.385. The quantitative estimate of drug-likeness (QED) is 0.745. The van der Waals surface area contributed by atoms with Gasteiger partial charge in [0.1, 0.15) is 6.04 Å². The predicted octanol–water partition coefficient (Wildman–Crippen LogP) is 0.479. The van der Waals surface area contributed by atoms with Crippen LogP contribution in [0.5, 0.6) is 0 Å². The number of carbonyl (C=O) groups is 2. The van der Waals surface area contributed by atoms with E-state index in [2.05, 4.69) is 10.1 Å². The van der Waals surface area contributed by atoms with Crippen LogP contribution in [0.3, 0.4) is 0 Å². The summed E-state index contributed by atoms with van der Waals surface area (Å²) < 4.78 is 4.53. The zero-order chi connectivity index (χ0) is 13.5. The molecular formula is C13H18N2O3. The number of benzene rings is 1. The lowest BCUT2D eigenvalue weighted by Crippen LogP contribution is -2.39. The summed E-state index contributed by atoms with van der Waals surface area (Å²) >= 11 is 0. The van der Waals surface area contributed by atoms with Crippen molar-refractivity contribution < 1.29 is 14.3 Å². The topological polar surface area (TPSA) is 81.4 Å². The number of hydrogen-bond donors (Lipinski definition) is 2. The average Bonchev–Trinajstić information content (AvgIpc) is 2.38. The zero-order valence-corrected chi connectivity index (χ0v) is 10.6. The van der Waals surface area contributed by atoms with Crippen LogP contribution in [-0.4, -0.2) is 31.6 Å². The Kier molecular flexibility index (Phi) is 5.32. The number of hydrogen-bond acceptors (Lipinski definition) is 4. The normalized spacial score (nSPS) is 11.7. The molecule has 0 aliphatic carbocycles. The van der Waals surface area contributed by atoms with Gasteiger partial charge >= 0.3 is 5.97 Å². The van der Waals surface area contributed by atoms with Gasteiger partial charge in [0, 0.05) is 5.56 Å². The van der Waals surface area contributed by atoms with Crippen molar-refractivity contribution in [2.75, 3.05) is 13.7 Å². The predicted molar refractivity (Wildman–Crippen MR) is 68.1 cm³/mol. The highest BCUT2D eigenvalue weighted by Gasteiger charge is 2.16.